The molecular weight excluding hydrogens is 436 g/mol. The zero-order valence-electron chi connectivity index (χ0n) is 20.6. The van der Waals surface area contributed by atoms with Crippen molar-refractivity contribution in [1.82, 2.24) is 18.8 Å². The summed E-state index contributed by atoms with van der Waals surface area (Å²) < 4.78 is 29.3. The van der Waals surface area contributed by atoms with Crippen LogP contribution in [0.4, 0.5) is 0 Å². The number of nitrogens with one attached hydrogen (secondary N) is 1. The van der Waals surface area contributed by atoms with Crippen molar-refractivity contribution in [1.29, 1.82) is 0 Å². The molecule has 1 aromatic rings. The second-order valence-corrected chi connectivity index (χ2v) is 11.9. The Hall–Kier alpha value is -1.48. The van der Waals surface area contributed by atoms with Gasteiger partial charge in [0.15, 0.2) is 0 Å². The molecule has 1 atom stereocenters. The number of nitrogens with zero attached hydrogens (tertiary/aromatic N) is 3. The Bertz CT molecular complexity index is 838. The number of carbonyl (C=O) groups excluding carboxylic acids is 1. The number of hydrogen-bond donors (Lipinski definition) is 1. The highest BCUT2D eigenvalue weighted by atomic mass is 32.2. The van der Waals surface area contributed by atoms with Crippen LogP contribution in [0.1, 0.15) is 58.4 Å². The van der Waals surface area contributed by atoms with E-state index in [1.807, 2.05) is 6.07 Å². The van der Waals surface area contributed by atoms with Gasteiger partial charge in [0, 0.05) is 51.9 Å². The predicted octanol–water partition coefficient (Wildman–Crippen LogP) is 3.09. The second-order valence-electron chi connectivity index (χ2n) is 9.98. The molecule has 2 aliphatic heterocycles. The summed E-state index contributed by atoms with van der Waals surface area (Å²) >= 11 is 0. The highest BCUT2D eigenvalue weighted by molar-refractivity contribution is 7.86. The normalized spacial score (nSPS) is 21.5. The smallest absolute Gasteiger partial charge is 0.281 e. The largest absolute Gasteiger partial charge is 0.356 e. The van der Waals surface area contributed by atoms with E-state index in [0.29, 0.717) is 44.7 Å². The molecule has 0 spiro atoms. The van der Waals surface area contributed by atoms with E-state index >= 15 is 0 Å². The van der Waals surface area contributed by atoms with Crippen LogP contribution in [0, 0.1) is 11.8 Å². The number of amides is 1. The molecule has 33 heavy (non-hydrogen) atoms. The molecule has 2 saturated heterocycles. The summed E-state index contributed by atoms with van der Waals surface area (Å²) in [4.78, 5) is 15.2. The molecule has 0 aliphatic carbocycles. The van der Waals surface area contributed by atoms with Crippen molar-refractivity contribution in [2.75, 3.05) is 39.3 Å². The Balaban J connectivity index is 1.44. The van der Waals surface area contributed by atoms with Gasteiger partial charge in [-0.15, -0.1) is 0 Å². The summed E-state index contributed by atoms with van der Waals surface area (Å²) in [5, 5.41) is 3.07. The van der Waals surface area contributed by atoms with E-state index in [1.54, 1.807) is 4.31 Å². The Labute approximate surface area is 200 Å². The van der Waals surface area contributed by atoms with E-state index in [2.05, 4.69) is 55.3 Å². The van der Waals surface area contributed by atoms with Crippen LogP contribution >= 0.6 is 0 Å². The van der Waals surface area contributed by atoms with Crippen molar-refractivity contribution < 1.29 is 13.2 Å². The quantitative estimate of drug-likeness (QED) is 0.525. The first-order valence-corrected chi connectivity index (χ1v) is 14.0. The molecule has 7 nitrogen and oxygen atoms in total. The highest BCUT2D eigenvalue weighted by Crippen LogP contribution is 2.25. The van der Waals surface area contributed by atoms with Gasteiger partial charge in [0.2, 0.25) is 5.91 Å². The third-order valence-electron chi connectivity index (χ3n) is 7.03. The fraction of sp³-hybridized carbons (Fsp3) is 0.720. The lowest BCUT2D eigenvalue weighted by atomic mass is 9.99. The van der Waals surface area contributed by atoms with Gasteiger partial charge in [-0.05, 0) is 57.4 Å². The summed E-state index contributed by atoms with van der Waals surface area (Å²) in [5.41, 5.74) is 1.29. The van der Waals surface area contributed by atoms with Gasteiger partial charge in [-0.3, -0.25) is 9.69 Å². The molecule has 8 heteroatoms. The molecule has 0 bridgehead atoms. The average Bonchev–Trinajstić information content (AvgIpc) is 2.81. The SMILES string of the molecule is CC1CCN(S(=O)(=O)N2CCC[C@@H](C(=O)NCCCN(Cc3ccccc3)C(C)C)C2)CC1. The van der Waals surface area contributed by atoms with Crippen molar-refractivity contribution in [3.05, 3.63) is 35.9 Å². The molecule has 1 N–H and O–H groups in total. The predicted molar refractivity (Wildman–Crippen MR) is 133 cm³/mol. The van der Waals surface area contributed by atoms with E-state index in [-0.39, 0.29) is 11.8 Å². The molecule has 2 fully saturated rings. The molecule has 2 heterocycles. The van der Waals surface area contributed by atoms with Gasteiger partial charge in [-0.1, -0.05) is 37.3 Å². The van der Waals surface area contributed by atoms with E-state index in [4.69, 9.17) is 0 Å². The maximum Gasteiger partial charge on any atom is 0.281 e. The van der Waals surface area contributed by atoms with Gasteiger partial charge in [-0.2, -0.15) is 17.0 Å². The first-order chi connectivity index (χ1) is 15.8. The zero-order chi connectivity index (χ0) is 23.8. The van der Waals surface area contributed by atoms with Crippen LogP contribution in [0.2, 0.25) is 0 Å². The summed E-state index contributed by atoms with van der Waals surface area (Å²) in [7, 11) is -3.47. The van der Waals surface area contributed by atoms with Crippen LogP contribution in [0.5, 0.6) is 0 Å². The van der Waals surface area contributed by atoms with Crippen molar-refractivity contribution in [3.8, 4) is 0 Å². The van der Waals surface area contributed by atoms with E-state index in [0.717, 1.165) is 45.2 Å². The zero-order valence-corrected chi connectivity index (χ0v) is 21.4. The summed E-state index contributed by atoms with van der Waals surface area (Å²) in [5.74, 6) is 0.305. The standard InChI is InChI=1S/C25H42N4O3S/c1-21(2)27(19-23-9-5-4-6-10-23)15-8-14-26-25(30)24-11-7-16-29(20-24)33(31,32)28-17-12-22(3)13-18-28/h4-6,9-10,21-22,24H,7-8,11-20H2,1-3H3,(H,26,30)/t24-/m1/s1. The maximum absolute atomic E-state index is 13.1. The Kier molecular flexibility index (Phi) is 9.73. The van der Waals surface area contributed by atoms with Crippen molar-refractivity contribution in [2.45, 2.75) is 65.5 Å². The third-order valence-corrected chi connectivity index (χ3v) is 9.03. The molecule has 2 aliphatic rings. The van der Waals surface area contributed by atoms with Gasteiger partial charge in [0.05, 0.1) is 5.92 Å². The molecule has 0 radical (unpaired) electrons. The number of hydrogen-bond acceptors (Lipinski definition) is 4. The molecule has 1 amide bonds. The van der Waals surface area contributed by atoms with Crippen molar-refractivity contribution in [2.24, 2.45) is 11.8 Å². The Morgan fingerprint density at radius 3 is 2.45 bits per heavy atom. The molecule has 3 rings (SSSR count). The monoisotopic (exact) mass is 478 g/mol. The van der Waals surface area contributed by atoms with E-state index in [1.165, 1.54) is 9.87 Å². The first-order valence-electron chi connectivity index (χ1n) is 12.6. The topological polar surface area (TPSA) is 73.0 Å². The third kappa shape index (κ3) is 7.50. The summed E-state index contributed by atoms with van der Waals surface area (Å²) in [6.45, 7) is 11.0. The highest BCUT2D eigenvalue weighted by Gasteiger charge is 2.36. The average molecular weight is 479 g/mol. The minimum atomic E-state index is -3.47. The molecule has 0 aromatic heterocycles. The van der Waals surface area contributed by atoms with Gasteiger partial charge < -0.3 is 5.32 Å². The van der Waals surface area contributed by atoms with Crippen molar-refractivity contribution in [3.63, 3.8) is 0 Å². The van der Waals surface area contributed by atoms with E-state index in [9.17, 15) is 13.2 Å². The second kappa shape index (κ2) is 12.3. The minimum Gasteiger partial charge on any atom is -0.356 e. The van der Waals surface area contributed by atoms with Crippen LogP contribution in [0.15, 0.2) is 30.3 Å². The van der Waals surface area contributed by atoms with Gasteiger partial charge in [0.25, 0.3) is 10.2 Å². The maximum atomic E-state index is 13.1. The van der Waals surface area contributed by atoms with Gasteiger partial charge >= 0.3 is 0 Å². The summed E-state index contributed by atoms with van der Waals surface area (Å²) in [6.07, 6.45) is 4.18. The molecule has 0 saturated carbocycles. The number of carbonyl (C=O) groups is 1. The van der Waals surface area contributed by atoms with Crippen LogP contribution in [-0.4, -0.2) is 73.1 Å². The summed E-state index contributed by atoms with van der Waals surface area (Å²) in [6, 6.07) is 10.9. The fourth-order valence-corrected chi connectivity index (χ4v) is 6.45. The lowest BCUT2D eigenvalue weighted by molar-refractivity contribution is -0.126. The number of benzene rings is 1. The minimum absolute atomic E-state index is 0.0127. The lowest BCUT2D eigenvalue weighted by Crippen LogP contribution is -2.52. The van der Waals surface area contributed by atoms with E-state index < -0.39 is 10.2 Å². The number of rotatable bonds is 10. The Morgan fingerprint density at radius 1 is 1.09 bits per heavy atom. The molecular formula is C25H42N4O3S. The first kappa shape index (κ1) is 26.1. The molecule has 1 aromatic carbocycles. The molecule has 0 unspecified atom stereocenters. The van der Waals surface area contributed by atoms with Crippen LogP contribution in [0.3, 0.4) is 0 Å². The fourth-order valence-electron chi connectivity index (χ4n) is 4.72. The van der Waals surface area contributed by atoms with Gasteiger partial charge in [-0.25, -0.2) is 0 Å². The van der Waals surface area contributed by atoms with Crippen LogP contribution in [-0.2, 0) is 21.5 Å². The van der Waals surface area contributed by atoms with Crippen LogP contribution in [0.25, 0.3) is 0 Å². The number of piperidine rings is 2. The van der Waals surface area contributed by atoms with Gasteiger partial charge in [0.1, 0.15) is 0 Å². The van der Waals surface area contributed by atoms with Crippen molar-refractivity contribution >= 4 is 16.1 Å². The lowest BCUT2D eigenvalue weighted by Gasteiger charge is -2.37. The van der Waals surface area contributed by atoms with Crippen LogP contribution < -0.4 is 5.32 Å². The molecule has 186 valence electrons. The Morgan fingerprint density at radius 2 is 1.79 bits per heavy atom.